The van der Waals surface area contributed by atoms with E-state index in [0.29, 0.717) is 11.7 Å². The molecule has 0 spiro atoms. The van der Waals surface area contributed by atoms with E-state index >= 15 is 0 Å². The molecule has 1 aromatic carbocycles. The molecular formula is C21H27N3O3. The van der Waals surface area contributed by atoms with Gasteiger partial charge in [-0.2, -0.15) is 4.98 Å². The summed E-state index contributed by atoms with van der Waals surface area (Å²) in [5.41, 5.74) is 1.19. The number of hydrogen-bond donors (Lipinski definition) is 0. The lowest BCUT2D eigenvalue weighted by atomic mass is 9.98. The molecule has 4 rings (SSSR count). The van der Waals surface area contributed by atoms with Crippen LogP contribution >= 0.6 is 0 Å². The summed E-state index contributed by atoms with van der Waals surface area (Å²) < 4.78 is 11.1. The van der Waals surface area contributed by atoms with E-state index in [4.69, 9.17) is 9.26 Å². The van der Waals surface area contributed by atoms with Gasteiger partial charge in [0.05, 0.1) is 6.04 Å². The number of piperidine rings is 1. The van der Waals surface area contributed by atoms with Gasteiger partial charge in [0.15, 0.2) is 12.4 Å². The highest BCUT2D eigenvalue weighted by molar-refractivity contribution is 5.79. The Labute approximate surface area is 159 Å². The highest BCUT2D eigenvalue weighted by Crippen LogP contribution is 2.34. The third kappa shape index (κ3) is 4.15. The summed E-state index contributed by atoms with van der Waals surface area (Å²) in [5, 5.41) is 4.17. The average Bonchev–Trinajstić information content (AvgIpc) is 3.39. The van der Waals surface area contributed by atoms with Crippen LogP contribution in [-0.2, 0) is 11.4 Å². The number of carbonyl (C=O) groups is 1. The van der Waals surface area contributed by atoms with Crippen molar-refractivity contribution in [1.29, 1.82) is 0 Å². The van der Waals surface area contributed by atoms with E-state index in [1.807, 2.05) is 36.1 Å². The predicted octanol–water partition coefficient (Wildman–Crippen LogP) is 4.20. The number of carbonyl (C=O) groups excluding carboxylic acids is 1. The standard InChI is InChI=1S/C21H27N3O3/c1-15-9-11-17(12-10-15)26-14-19-22-20(23-27-19)18-8-4-5-13-24(18)21(25)16-6-2-3-7-16/h9-12,16,18H,2-8,13-14H2,1H3. The Kier molecular flexibility index (Phi) is 5.41. The van der Waals surface area contributed by atoms with Gasteiger partial charge in [-0.05, 0) is 51.2 Å². The largest absolute Gasteiger partial charge is 0.484 e. The van der Waals surface area contributed by atoms with Crippen LogP contribution in [0.1, 0.15) is 68.3 Å². The van der Waals surface area contributed by atoms with E-state index in [1.54, 1.807) is 0 Å². The number of aromatic nitrogens is 2. The number of ether oxygens (including phenoxy) is 1. The first-order chi connectivity index (χ1) is 13.2. The molecule has 1 amide bonds. The number of nitrogens with zero attached hydrogens (tertiary/aromatic N) is 3. The van der Waals surface area contributed by atoms with E-state index in [-0.39, 0.29) is 24.5 Å². The van der Waals surface area contributed by atoms with Crippen molar-refractivity contribution in [2.75, 3.05) is 6.54 Å². The molecule has 6 heteroatoms. The van der Waals surface area contributed by atoms with Crippen LogP contribution in [0.3, 0.4) is 0 Å². The van der Waals surface area contributed by atoms with Gasteiger partial charge in [0.25, 0.3) is 5.89 Å². The smallest absolute Gasteiger partial charge is 0.264 e. The molecule has 6 nitrogen and oxygen atoms in total. The minimum absolute atomic E-state index is 0.0660. The van der Waals surface area contributed by atoms with Crippen LogP contribution in [0, 0.1) is 12.8 Å². The molecular weight excluding hydrogens is 342 g/mol. The fourth-order valence-corrected chi connectivity index (χ4v) is 4.11. The number of amides is 1. The molecule has 27 heavy (non-hydrogen) atoms. The minimum atomic E-state index is -0.0660. The maximum absolute atomic E-state index is 12.9. The summed E-state index contributed by atoms with van der Waals surface area (Å²) in [6, 6.07) is 7.79. The normalized spacial score (nSPS) is 20.8. The van der Waals surface area contributed by atoms with Crippen molar-refractivity contribution in [2.45, 2.75) is 64.5 Å². The number of hydrogen-bond acceptors (Lipinski definition) is 5. The van der Waals surface area contributed by atoms with Crippen LogP contribution in [0.2, 0.25) is 0 Å². The zero-order chi connectivity index (χ0) is 18.6. The topological polar surface area (TPSA) is 68.5 Å². The van der Waals surface area contributed by atoms with Crippen molar-refractivity contribution in [2.24, 2.45) is 5.92 Å². The summed E-state index contributed by atoms with van der Waals surface area (Å²) in [4.78, 5) is 19.5. The second-order valence-corrected chi connectivity index (χ2v) is 7.67. The molecule has 0 N–H and O–H groups in total. The molecule has 2 heterocycles. The van der Waals surface area contributed by atoms with Gasteiger partial charge in [0.2, 0.25) is 5.91 Å². The molecule has 1 saturated carbocycles. The lowest BCUT2D eigenvalue weighted by molar-refractivity contribution is -0.139. The Bertz CT molecular complexity index is 765. The summed E-state index contributed by atoms with van der Waals surface area (Å²) in [7, 11) is 0. The van der Waals surface area contributed by atoms with Crippen molar-refractivity contribution >= 4 is 5.91 Å². The van der Waals surface area contributed by atoms with E-state index in [1.165, 1.54) is 5.56 Å². The molecule has 1 atom stereocenters. The highest BCUT2D eigenvalue weighted by atomic mass is 16.5. The average molecular weight is 369 g/mol. The van der Waals surface area contributed by atoms with Gasteiger partial charge in [-0.25, -0.2) is 0 Å². The summed E-state index contributed by atoms with van der Waals surface area (Å²) >= 11 is 0. The Morgan fingerprint density at radius 3 is 2.67 bits per heavy atom. The highest BCUT2D eigenvalue weighted by Gasteiger charge is 2.35. The summed E-state index contributed by atoms with van der Waals surface area (Å²) in [6.45, 7) is 3.07. The predicted molar refractivity (Wildman–Crippen MR) is 100 cm³/mol. The van der Waals surface area contributed by atoms with Crippen molar-refractivity contribution in [3.63, 3.8) is 0 Å². The third-order valence-corrected chi connectivity index (χ3v) is 5.66. The molecule has 144 valence electrons. The van der Waals surface area contributed by atoms with E-state index in [2.05, 4.69) is 10.1 Å². The van der Waals surface area contributed by atoms with Crippen LogP contribution < -0.4 is 4.74 Å². The van der Waals surface area contributed by atoms with Crippen LogP contribution in [-0.4, -0.2) is 27.5 Å². The summed E-state index contributed by atoms with van der Waals surface area (Å²) in [5.74, 6) is 2.30. The number of rotatable bonds is 5. The minimum Gasteiger partial charge on any atom is -0.484 e. The van der Waals surface area contributed by atoms with Crippen LogP contribution in [0.15, 0.2) is 28.8 Å². The Morgan fingerprint density at radius 1 is 1.15 bits per heavy atom. The lowest BCUT2D eigenvalue weighted by Gasteiger charge is -2.35. The fraction of sp³-hybridized carbons (Fsp3) is 0.571. The molecule has 2 fully saturated rings. The molecule has 2 aromatic rings. The molecule has 1 aliphatic carbocycles. The first kappa shape index (κ1) is 18.0. The zero-order valence-corrected chi connectivity index (χ0v) is 15.9. The molecule has 1 aromatic heterocycles. The first-order valence-electron chi connectivity index (χ1n) is 10.0. The second kappa shape index (κ2) is 8.11. The van der Waals surface area contributed by atoms with Gasteiger partial charge in [-0.1, -0.05) is 35.7 Å². The summed E-state index contributed by atoms with van der Waals surface area (Å²) in [6.07, 6.45) is 7.40. The van der Waals surface area contributed by atoms with Crippen molar-refractivity contribution in [3.8, 4) is 5.75 Å². The van der Waals surface area contributed by atoms with E-state index < -0.39 is 0 Å². The maximum Gasteiger partial charge on any atom is 0.264 e. The van der Waals surface area contributed by atoms with Crippen LogP contribution in [0.25, 0.3) is 0 Å². The number of likely N-dealkylation sites (tertiary alicyclic amines) is 1. The molecule has 0 radical (unpaired) electrons. The first-order valence-corrected chi connectivity index (χ1v) is 10.0. The molecule has 1 saturated heterocycles. The van der Waals surface area contributed by atoms with Crippen molar-refractivity contribution < 1.29 is 14.1 Å². The second-order valence-electron chi connectivity index (χ2n) is 7.67. The quantitative estimate of drug-likeness (QED) is 0.790. The van der Waals surface area contributed by atoms with Gasteiger partial charge in [0.1, 0.15) is 5.75 Å². The zero-order valence-electron chi connectivity index (χ0n) is 15.9. The SMILES string of the molecule is Cc1ccc(OCc2nc(C3CCCCN3C(=O)C3CCCC3)no2)cc1. The Balaban J connectivity index is 1.42. The van der Waals surface area contributed by atoms with Crippen molar-refractivity contribution in [1.82, 2.24) is 15.0 Å². The van der Waals surface area contributed by atoms with E-state index in [9.17, 15) is 4.79 Å². The maximum atomic E-state index is 12.9. The van der Waals surface area contributed by atoms with E-state index in [0.717, 1.165) is 57.2 Å². The van der Waals surface area contributed by atoms with Gasteiger partial charge >= 0.3 is 0 Å². The molecule has 2 aliphatic rings. The monoisotopic (exact) mass is 369 g/mol. The van der Waals surface area contributed by atoms with Gasteiger partial charge in [-0.3, -0.25) is 4.79 Å². The van der Waals surface area contributed by atoms with Crippen LogP contribution in [0.4, 0.5) is 0 Å². The Hall–Kier alpha value is -2.37. The van der Waals surface area contributed by atoms with Gasteiger partial charge < -0.3 is 14.2 Å². The number of aryl methyl sites for hydroxylation is 1. The van der Waals surface area contributed by atoms with Gasteiger partial charge in [-0.15, -0.1) is 0 Å². The third-order valence-electron chi connectivity index (χ3n) is 5.66. The molecule has 1 unspecified atom stereocenters. The van der Waals surface area contributed by atoms with Crippen LogP contribution in [0.5, 0.6) is 5.75 Å². The van der Waals surface area contributed by atoms with Gasteiger partial charge in [0, 0.05) is 12.5 Å². The molecule has 1 aliphatic heterocycles. The Morgan fingerprint density at radius 2 is 1.89 bits per heavy atom. The molecule has 0 bridgehead atoms. The van der Waals surface area contributed by atoms with Crippen molar-refractivity contribution in [3.05, 3.63) is 41.5 Å². The lowest BCUT2D eigenvalue weighted by Crippen LogP contribution is -2.41. The number of benzene rings is 1. The fourth-order valence-electron chi connectivity index (χ4n) is 4.11.